The van der Waals surface area contributed by atoms with Gasteiger partial charge in [-0.15, -0.1) is 0 Å². The molecular weight excluding hydrogens is 166 g/mol. The van der Waals surface area contributed by atoms with Gasteiger partial charge < -0.3 is 10.4 Å². The van der Waals surface area contributed by atoms with Crippen LogP contribution in [0.3, 0.4) is 0 Å². The number of carboxylic acids is 1. The first-order valence-electron chi connectivity index (χ1n) is 4.85. The monoisotopic (exact) mass is 185 g/mol. The van der Waals surface area contributed by atoms with E-state index in [1.54, 1.807) is 0 Å². The average molecular weight is 185 g/mol. The van der Waals surface area contributed by atoms with E-state index in [0.29, 0.717) is 12.5 Å². The van der Waals surface area contributed by atoms with Gasteiger partial charge in [0.25, 0.3) is 0 Å². The Morgan fingerprint density at radius 1 is 1.38 bits per heavy atom. The summed E-state index contributed by atoms with van der Waals surface area (Å²) in [4.78, 5) is 10.8. The molecule has 0 aliphatic carbocycles. The van der Waals surface area contributed by atoms with Gasteiger partial charge in [-0.3, -0.25) is 4.79 Å². The largest absolute Gasteiger partial charge is 0.481 e. The van der Waals surface area contributed by atoms with E-state index in [4.69, 9.17) is 5.11 Å². The molecule has 0 aromatic rings. The molecule has 1 aliphatic heterocycles. The number of nitrogens with one attached hydrogen (secondary N) is 1. The second kappa shape index (κ2) is 3.66. The molecule has 3 heteroatoms. The highest BCUT2D eigenvalue weighted by Crippen LogP contribution is 2.32. The lowest BCUT2D eigenvalue weighted by Crippen LogP contribution is -2.44. The van der Waals surface area contributed by atoms with Crippen LogP contribution in [-0.2, 0) is 4.79 Å². The Kier molecular flexibility index (Phi) is 2.96. The van der Waals surface area contributed by atoms with Crippen molar-refractivity contribution in [2.75, 3.05) is 13.1 Å². The molecule has 0 amide bonds. The van der Waals surface area contributed by atoms with Gasteiger partial charge in [0.15, 0.2) is 0 Å². The van der Waals surface area contributed by atoms with Crippen LogP contribution in [0.1, 0.15) is 27.2 Å². The van der Waals surface area contributed by atoms with Crippen LogP contribution >= 0.6 is 0 Å². The van der Waals surface area contributed by atoms with Crippen molar-refractivity contribution in [2.24, 2.45) is 17.3 Å². The first-order valence-corrected chi connectivity index (χ1v) is 4.85. The summed E-state index contributed by atoms with van der Waals surface area (Å²) in [7, 11) is 0. The summed E-state index contributed by atoms with van der Waals surface area (Å²) in [5.41, 5.74) is 0.209. The van der Waals surface area contributed by atoms with Gasteiger partial charge in [0.05, 0.1) is 5.92 Å². The van der Waals surface area contributed by atoms with Crippen molar-refractivity contribution >= 4 is 5.97 Å². The summed E-state index contributed by atoms with van der Waals surface area (Å²) >= 11 is 0. The smallest absolute Gasteiger partial charge is 0.307 e. The molecule has 0 unspecified atom stereocenters. The van der Waals surface area contributed by atoms with Gasteiger partial charge in [-0.1, -0.05) is 20.8 Å². The third-order valence-corrected chi connectivity index (χ3v) is 2.92. The van der Waals surface area contributed by atoms with Crippen molar-refractivity contribution < 1.29 is 9.90 Å². The Hall–Kier alpha value is -0.570. The number of hydrogen-bond donors (Lipinski definition) is 2. The second-order valence-electron chi connectivity index (χ2n) is 4.99. The van der Waals surface area contributed by atoms with E-state index in [0.717, 1.165) is 13.0 Å². The van der Waals surface area contributed by atoms with Crippen LogP contribution < -0.4 is 5.32 Å². The standard InChI is InChI=1S/C10H19NO2/c1-10(2,3)8-4-7(9(12)13)5-11-6-8/h7-8,11H,4-6H2,1-3H3,(H,12,13)/t7-,8+/m1/s1. The van der Waals surface area contributed by atoms with Crippen molar-refractivity contribution in [3.63, 3.8) is 0 Å². The minimum atomic E-state index is -0.665. The number of aliphatic carboxylic acids is 1. The van der Waals surface area contributed by atoms with Crippen molar-refractivity contribution in [3.8, 4) is 0 Å². The molecule has 0 radical (unpaired) electrons. The van der Waals surface area contributed by atoms with Crippen LogP contribution in [0.25, 0.3) is 0 Å². The topological polar surface area (TPSA) is 49.3 Å². The Bertz CT molecular complexity index is 196. The summed E-state index contributed by atoms with van der Waals surface area (Å²) in [6.45, 7) is 8.09. The zero-order valence-electron chi connectivity index (χ0n) is 8.63. The number of carbonyl (C=O) groups is 1. The summed E-state index contributed by atoms with van der Waals surface area (Å²) in [6, 6.07) is 0. The Morgan fingerprint density at radius 2 is 2.00 bits per heavy atom. The van der Waals surface area contributed by atoms with Crippen LogP contribution in [0.2, 0.25) is 0 Å². The molecule has 2 N–H and O–H groups in total. The molecular formula is C10H19NO2. The van der Waals surface area contributed by atoms with Crippen LogP contribution in [-0.4, -0.2) is 24.2 Å². The Morgan fingerprint density at radius 3 is 2.46 bits per heavy atom. The maximum atomic E-state index is 10.8. The number of piperidine rings is 1. The molecule has 1 heterocycles. The van der Waals surface area contributed by atoms with Crippen molar-refractivity contribution in [1.29, 1.82) is 0 Å². The first-order chi connectivity index (χ1) is 5.91. The third-order valence-electron chi connectivity index (χ3n) is 2.92. The molecule has 1 saturated heterocycles. The normalized spacial score (nSPS) is 30.1. The highest BCUT2D eigenvalue weighted by atomic mass is 16.4. The van der Waals surface area contributed by atoms with Gasteiger partial charge >= 0.3 is 5.97 Å². The highest BCUT2D eigenvalue weighted by Gasteiger charge is 2.33. The lowest BCUT2D eigenvalue weighted by molar-refractivity contribution is -0.143. The fraction of sp³-hybridized carbons (Fsp3) is 0.900. The molecule has 3 nitrogen and oxygen atoms in total. The van der Waals surface area contributed by atoms with E-state index in [1.165, 1.54) is 0 Å². The molecule has 13 heavy (non-hydrogen) atoms. The lowest BCUT2D eigenvalue weighted by Gasteiger charge is -2.36. The van der Waals surface area contributed by atoms with E-state index >= 15 is 0 Å². The molecule has 0 spiro atoms. The predicted octanol–water partition coefficient (Wildman–Crippen LogP) is 1.34. The maximum Gasteiger partial charge on any atom is 0.307 e. The highest BCUT2D eigenvalue weighted by molar-refractivity contribution is 5.70. The molecule has 2 atom stereocenters. The Balaban J connectivity index is 2.57. The molecule has 0 saturated carbocycles. The van der Waals surface area contributed by atoms with E-state index in [2.05, 4.69) is 26.1 Å². The van der Waals surface area contributed by atoms with Crippen LogP contribution in [0, 0.1) is 17.3 Å². The number of rotatable bonds is 1. The minimum Gasteiger partial charge on any atom is -0.481 e. The molecule has 0 aromatic heterocycles. The van der Waals surface area contributed by atoms with Crippen molar-refractivity contribution in [2.45, 2.75) is 27.2 Å². The van der Waals surface area contributed by atoms with Gasteiger partial charge in [-0.05, 0) is 24.3 Å². The quantitative estimate of drug-likeness (QED) is 0.648. The summed E-state index contributed by atoms with van der Waals surface area (Å²) < 4.78 is 0. The number of carboxylic acid groups (broad SMARTS) is 1. The second-order valence-corrected chi connectivity index (χ2v) is 4.99. The molecule has 1 rings (SSSR count). The van der Waals surface area contributed by atoms with E-state index in [-0.39, 0.29) is 11.3 Å². The van der Waals surface area contributed by atoms with Gasteiger partial charge in [0, 0.05) is 6.54 Å². The van der Waals surface area contributed by atoms with Crippen molar-refractivity contribution in [1.82, 2.24) is 5.32 Å². The van der Waals surface area contributed by atoms with E-state index < -0.39 is 5.97 Å². The fourth-order valence-corrected chi connectivity index (χ4v) is 1.79. The molecule has 1 fully saturated rings. The van der Waals surface area contributed by atoms with Gasteiger partial charge in [-0.25, -0.2) is 0 Å². The SMILES string of the molecule is CC(C)(C)[C@@H]1CNC[C@H](C(=O)O)C1. The molecule has 1 aliphatic rings. The third kappa shape index (κ3) is 2.69. The molecule has 0 bridgehead atoms. The summed E-state index contributed by atoms with van der Waals surface area (Å²) in [6.07, 6.45) is 0.811. The van der Waals surface area contributed by atoms with E-state index in [1.807, 2.05) is 0 Å². The zero-order chi connectivity index (χ0) is 10.1. The minimum absolute atomic E-state index is 0.196. The zero-order valence-corrected chi connectivity index (χ0v) is 8.63. The van der Waals surface area contributed by atoms with Gasteiger partial charge in [0.1, 0.15) is 0 Å². The lowest BCUT2D eigenvalue weighted by atomic mass is 9.74. The van der Waals surface area contributed by atoms with Crippen LogP contribution in [0.5, 0.6) is 0 Å². The van der Waals surface area contributed by atoms with Crippen molar-refractivity contribution in [3.05, 3.63) is 0 Å². The summed E-state index contributed by atoms with van der Waals surface area (Å²) in [5.74, 6) is -0.387. The number of hydrogen-bond acceptors (Lipinski definition) is 2. The van der Waals surface area contributed by atoms with Crippen LogP contribution in [0.15, 0.2) is 0 Å². The Labute approximate surface area is 79.5 Å². The molecule has 76 valence electrons. The van der Waals surface area contributed by atoms with Gasteiger partial charge in [-0.2, -0.15) is 0 Å². The van der Waals surface area contributed by atoms with Crippen LogP contribution in [0.4, 0.5) is 0 Å². The molecule has 0 aromatic carbocycles. The maximum absolute atomic E-state index is 10.8. The average Bonchev–Trinajstić information content (AvgIpc) is 2.03. The van der Waals surface area contributed by atoms with E-state index in [9.17, 15) is 4.79 Å². The first kappa shape index (κ1) is 10.5. The summed E-state index contributed by atoms with van der Waals surface area (Å²) in [5, 5.41) is 12.1. The van der Waals surface area contributed by atoms with Gasteiger partial charge in [0.2, 0.25) is 0 Å². The fourth-order valence-electron chi connectivity index (χ4n) is 1.79. The predicted molar refractivity (Wildman–Crippen MR) is 51.6 cm³/mol.